The first-order chi connectivity index (χ1) is 25.2. The van der Waals surface area contributed by atoms with Crippen LogP contribution in [0.5, 0.6) is 0 Å². The molecule has 7 aromatic carbocycles. The maximum absolute atomic E-state index is 9.67. The lowest BCUT2D eigenvalue weighted by molar-refractivity contribution is 0.669. The van der Waals surface area contributed by atoms with Gasteiger partial charge in [-0.05, 0) is 63.7 Å². The SMILES string of the molecule is N#Cc1ccccc1-c1ccc(-c2nc(-c3cccc(-c4ccccc4)c3)nc(-c3ccc4c(c3)oc3cccc(-c5ccccc5)c34)n2)cc1. The van der Waals surface area contributed by atoms with Gasteiger partial charge in [0.1, 0.15) is 11.2 Å². The highest BCUT2D eigenvalue weighted by atomic mass is 16.3. The van der Waals surface area contributed by atoms with E-state index in [4.69, 9.17) is 19.4 Å². The maximum atomic E-state index is 9.67. The lowest BCUT2D eigenvalue weighted by Crippen LogP contribution is -2.00. The molecule has 0 amide bonds. The molecule has 0 aliphatic heterocycles. The number of rotatable bonds is 6. The summed E-state index contributed by atoms with van der Waals surface area (Å²) in [6, 6.07) is 59.3. The Morgan fingerprint density at radius 2 is 0.922 bits per heavy atom. The van der Waals surface area contributed by atoms with Gasteiger partial charge < -0.3 is 4.42 Å². The summed E-state index contributed by atoms with van der Waals surface area (Å²) in [5.74, 6) is 1.67. The number of nitriles is 1. The Morgan fingerprint density at radius 1 is 0.392 bits per heavy atom. The number of hydrogen-bond acceptors (Lipinski definition) is 5. The summed E-state index contributed by atoms with van der Waals surface area (Å²) in [7, 11) is 0. The van der Waals surface area contributed by atoms with Crippen molar-refractivity contribution in [1.29, 1.82) is 5.26 Å². The summed E-state index contributed by atoms with van der Waals surface area (Å²) in [5.41, 5.74) is 11.1. The third kappa shape index (κ3) is 5.61. The van der Waals surface area contributed by atoms with Crippen LogP contribution in [0.2, 0.25) is 0 Å². The Labute approximate surface area is 294 Å². The van der Waals surface area contributed by atoms with Gasteiger partial charge in [-0.2, -0.15) is 5.26 Å². The molecule has 238 valence electrons. The molecule has 5 heteroatoms. The van der Waals surface area contributed by atoms with Crippen LogP contribution in [0.25, 0.3) is 89.5 Å². The van der Waals surface area contributed by atoms with E-state index < -0.39 is 0 Å². The van der Waals surface area contributed by atoms with E-state index >= 15 is 0 Å². The van der Waals surface area contributed by atoms with Gasteiger partial charge in [0.2, 0.25) is 0 Å². The Balaban J connectivity index is 1.18. The first-order valence-corrected chi connectivity index (χ1v) is 16.7. The number of benzene rings is 7. The van der Waals surface area contributed by atoms with Crippen LogP contribution in [0.1, 0.15) is 5.56 Å². The molecule has 51 heavy (non-hydrogen) atoms. The van der Waals surface area contributed by atoms with Crippen LogP contribution >= 0.6 is 0 Å². The number of hydrogen-bond donors (Lipinski definition) is 0. The molecule has 0 saturated carbocycles. The largest absolute Gasteiger partial charge is 0.456 e. The monoisotopic (exact) mass is 652 g/mol. The number of fused-ring (bicyclic) bond motifs is 3. The zero-order chi connectivity index (χ0) is 34.1. The molecule has 0 atom stereocenters. The molecular weight excluding hydrogens is 625 g/mol. The van der Waals surface area contributed by atoms with Gasteiger partial charge >= 0.3 is 0 Å². The van der Waals surface area contributed by atoms with E-state index in [1.165, 1.54) is 0 Å². The van der Waals surface area contributed by atoms with Crippen molar-refractivity contribution in [3.63, 3.8) is 0 Å². The Morgan fingerprint density at radius 3 is 1.67 bits per heavy atom. The predicted molar refractivity (Wildman–Crippen MR) is 204 cm³/mol. The molecule has 0 N–H and O–H groups in total. The first kappa shape index (κ1) is 29.9. The van der Waals surface area contributed by atoms with Gasteiger partial charge in [-0.25, -0.2) is 15.0 Å². The van der Waals surface area contributed by atoms with Crippen molar-refractivity contribution in [3.8, 4) is 73.6 Å². The topological polar surface area (TPSA) is 75.6 Å². The average molecular weight is 653 g/mol. The zero-order valence-electron chi connectivity index (χ0n) is 27.4. The predicted octanol–water partition coefficient (Wildman–Crippen LogP) is 11.6. The lowest BCUT2D eigenvalue weighted by atomic mass is 9.99. The second-order valence-electron chi connectivity index (χ2n) is 12.3. The van der Waals surface area contributed by atoms with Gasteiger partial charge in [0.15, 0.2) is 17.5 Å². The van der Waals surface area contributed by atoms with Crippen LogP contribution in [0.15, 0.2) is 174 Å². The molecule has 0 aliphatic carbocycles. The molecule has 0 bridgehead atoms. The summed E-state index contributed by atoms with van der Waals surface area (Å²) in [6.45, 7) is 0. The molecule has 9 rings (SSSR count). The van der Waals surface area contributed by atoms with Gasteiger partial charge in [0.05, 0.1) is 11.6 Å². The molecule has 0 unspecified atom stereocenters. The smallest absolute Gasteiger partial charge is 0.164 e. The minimum Gasteiger partial charge on any atom is -0.456 e. The molecule has 2 aromatic heterocycles. The summed E-state index contributed by atoms with van der Waals surface area (Å²) in [4.78, 5) is 15.1. The molecule has 0 saturated heterocycles. The van der Waals surface area contributed by atoms with E-state index in [2.05, 4.69) is 72.8 Å². The summed E-state index contributed by atoms with van der Waals surface area (Å²) in [5, 5.41) is 11.8. The standard InChI is InChI=1S/C46H28N4O/c47-29-37-15-7-8-18-38(37)32-21-23-33(24-22-32)44-48-45(35-17-9-16-34(27-35)30-11-3-1-4-12-30)50-46(49-44)36-25-26-40-42(28-36)51-41-20-10-19-39(43(40)41)31-13-5-2-6-14-31/h1-28H. The minimum absolute atomic E-state index is 0.546. The normalized spacial score (nSPS) is 11.1. The van der Waals surface area contributed by atoms with E-state index in [0.29, 0.717) is 23.0 Å². The van der Waals surface area contributed by atoms with E-state index in [-0.39, 0.29) is 0 Å². The Kier molecular flexibility index (Phi) is 7.46. The first-order valence-electron chi connectivity index (χ1n) is 16.7. The molecular formula is C46H28N4O. The van der Waals surface area contributed by atoms with Crippen molar-refractivity contribution in [3.05, 3.63) is 175 Å². The van der Waals surface area contributed by atoms with Crippen molar-refractivity contribution >= 4 is 21.9 Å². The van der Waals surface area contributed by atoms with Crippen LogP contribution in [-0.2, 0) is 0 Å². The van der Waals surface area contributed by atoms with Crippen molar-refractivity contribution in [2.75, 3.05) is 0 Å². The van der Waals surface area contributed by atoms with Crippen LogP contribution in [0, 0.1) is 11.3 Å². The fraction of sp³-hybridized carbons (Fsp3) is 0. The number of furan rings is 1. The molecule has 0 fully saturated rings. The summed E-state index contributed by atoms with van der Waals surface area (Å²) >= 11 is 0. The molecule has 5 nitrogen and oxygen atoms in total. The fourth-order valence-electron chi connectivity index (χ4n) is 6.69. The van der Waals surface area contributed by atoms with E-state index in [9.17, 15) is 5.26 Å². The van der Waals surface area contributed by atoms with Gasteiger partial charge in [-0.1, -0.05) is 140 Å². The molecule has 9 aromatic rings. The van der Waals surface area contributed by atoms with Gasteiger partial charge in [0, 0.05) is 27.5 Å². The molecule has 0 spiro atoms. The molecule has 0 radical (unpaired) electrons. The molecule has 0 aliphatic rings. The fourth-order valence-corrected chi connectivity index (χ4v) is 6.69. The summed E-state index contributed by atoms with van der Waals surface area (Å²) < 4.78 is 6.45. The van der Waals surface area contributed by atoms with Crippen molar-refractivity contribution in [2.24, 2.45) is 0 Å². The molecule has 2 heterocycles. The van der Waals surface area contributed by atoms with E-state index in [1.807, 2.05) is 103 Å². The minimum atomic E-state index is 0.546. The van der Waals surface area contributed by atoms with Gasteiger partial charge in [0.25, 0.3) is 0 Å². The summed E-state index contributed by atoms with van der Waals surface area (Å²) in [6.07, 6.45) is 0. The second-order valence-corrected chi connectivity index (χ2v) is 12.3. The van der Waals surface area contributed by atoms with E-state index in [0.717, 1.165) is 72.0 Å². The Bertz CT molecular complexity index is 2750. The highest BCUT2D eigenvalue weighted by Crippen LogP contribution is 2.38. The highest BCUT2D eigenvalue weighted by Gasteiger charge is 2.17. The van der Waals surface area contributed by atoms with Gasteiger partial charge in [-0.3, -0.25) is 0 Å². The maximum Gasteiger partial charge on any atom is 0.164 e. The quantitative estimate of drug-likeness (QED) is 0.179. The van der Waals surface area contributed by atoms with E-state index in [1.54, 1.807) is 0 Å². The van der Waals surface area contributed by atoms with Crippen LogP contribution in [-0.4, -0.2) is 15.0 Å². The van der Waals surface area contributed by atoms with Crippen molar-refractivity contribution in [2.45, 2.75) is 0 Å². The third-order valence-corrected chi connectivity index (χ3v) is 9.21. The van der Waals surface area contributed by atoms with Crippen LogP contribution < -0.4 is 0 Å². The van der Waals surface area contributed by atoms with Crippen molar-refractivity contribution < 1.29 is 4.42 Å². The van der Waals surface area contributed by atoms with Crippen LogP contribution in [0.4, 0.5) is 0 Å². The average Bonchev–Trinajstić information content (AvgIpc) is 3.60. The highest BCUT2D eigenvalue weighted by molar-refractivity contribution is 6.13. The number of aromatic nitrogens is 3. The van der Waals surface area contributed by atoms with Gasteiger partial charge in [-0.15, -0.1) is 0 Å². The third-order valence-electron chi connectivity index (χ3n) is 9.21. The van der Waals surface area contributed by atoms with Crippen molar-refractivity contribution in [1.82, 2.24) is 15.0 Å². The second kappa shape index (κ2) is 12.7. The zero-order valence-corrected chi connectivity index (χ0v) is 27.4. The van der Waals surface area contributed by atoms with Crippen LogP contribution in [0.3, 0.4) is 0 Å². The lowest BCUT2D eigenvalue weighted by Gasteiger charge is -2.10. The number of nitrogens with zero attached hydrogens (tertiary/aromatic N) is 4. The Hall–Kier alpha value is -7.16.